The first-order chi connectivity index (χ1) is 16.2. The predicted octanol–water partition coefficient (Wildman–Crippen LogP) is 5.71. The lowest BCUT2D eigenvalue weighted by Crippen LogP contribution is -2.13. The minimum absolute atomic E-state index is 0.0858. The van der Waals surface area contributed by atoms with E-state index in [0.29, 0.717) is 27.8 Å². The number of aromatic nitrogens is 5. The van der Waals surface area contributed by atoms with E-state index in [9.17, 15) is 9.18 Å². The normalized spacial score (nSPS) is 14.6. The van der Waals surface area contributed by atoms with Crippen molar-refractivity contribution in [1.82, 2.24) is 24.1 Å². The van der Waals surface area contributed by atoms with E-state index in [0.717, 1.165) is 41.1 Å². The summed E-state index contributed by atoms with van der Waals surface area (Å²) in [6.45, 7) is 0. The number of halogens is 1. The Hall–Kier alpha value is -3.04. The van der Waals surface area contributed by atoms with Crippen molar-refractivity contribution in [2.24, 2.45) is 0 Å². The standard InChI is InChI=1S/C24H20FN5OS2/c25-18-10-4-3-9-17(18)22-27-28-24(29(22)16-7-1-2-8-16)32-14-15-13-21(31)30-19-11-5-6-12-20(19)33-23(30)26-15/h3-6,9-13,16H,1-2,7-8,14H2. The molecule has 2 aromatic carbocycles. The molecule has 0 aliphatic heterocycles. The van der Waals surface area contributed by atoms with Crippen molar-refractivity contribution in [3.63, 3.8) is 0 Å². The van der Waals surface area contributed by atoms with Gasteiger partial charge in [-0.25, -0.2) is 9.37 Å². The lowest BCUT2D eigenvalue weighted by molar-refractivity contribution is 0.484. The van der Waals surface area contributed by atoms with Crippen LogP contribution in [0.3, 0.4) is 0 Å². The van der Waals surface area contributed by atoms with E-state index in [1.807, 2.05) is 30.3 Å². The number of hydrogen-bond donors (Lipinski definition) is 0. The molecule has 3 aromatic heterocycles. The summed E-state index contributed by atoms with van der Waals surface area (Å²) in [4.78, 5) is 18.3. The predicted molar refractivity (Wildman–Crippen MR) is 129 cm³/mol. The fraction of sp³-hybridized carbons (Fsp3) is 0.250. The molecule has 0 bridgehead atoms. The number of benzene rings is 2. The second-order valence-electron chi connectivity index (χ2n) is 8.16. The zero-order valence-corrected chi connectivity index (χ0v) is 19.3. The molecule has 9 heteroatoms. The van der Waals surface area contributed by atoms with Gasteiger partial charge in [0, 0.05) is 17.9 Å². The summed E-state index contributed by atoms with van der Waals surface area (Å²) in [5, 5.41) is 9.52. The third-order valence-corrected chi connectivity index (χ3v) is 8.06. The molecule has 0 amide bonds. The molecule has 6 rings (SSSR count). The van der Waals surface area contributed by atoms with Gasteiger partial charge in [-0.3, -0.25) is 13.8 Å². The highest BCUT2D eigenvalue weighted by atomic mass is 32.2. The molecule has 0 N–H and O–H groups in total. The molecular formula is C24H20FN5OS2. The van der Waals surface area contributed by atoms with Gasteiger partial charge in [-0.2, -0.15) is 0 Å². The largest absolute Gasteiger partial charge is 0.299 e. The monoisotopic (exact) mass is 477 g/mol. The number of thiazole rings is 1. The number of rotatable bonds is 5. The van der Waals surface area contributed by atoms with Gasteiger partial charge in [-0.05, 0) is 37.1 Å². The van der Waals surface area contributed by atoms with Gasteiger partial charge < -0.3 is 0 Å². The number of thioether (sulfide) groups is 1. The van der Waals surface area contributed by atoms with Crippen molar-refractivity contribution < 1.29 is 4.39 Å². The third-order valence-electron chi connectivity index (χ3n) is 6.07. The van der Waals surface area contributed by atoms with Crippen molar-refractivity contribution >= 4 is 38.3 Å². The van der Waals surface area contributed by atoms with Crippen molar-refractivity contribution in [2.45, 2.75) is 42.6 Å². The first-order valence-corrected chi connectivity index (χ1v) is 12.7. The summed E-state index contributed by atoms with van der Waals surface area (Å²) in [6, 6.07) is 16.4. The number of nitrogens with zero attached hydrogens (tertiary/aromatic N) is 5. The lowest BCUT2D eigenvalue weighted by Gasteiger charge is -2.17. The molecule has 0 radical (unpaired) electrons. The zero-order valence-electron chi connectivity index (χ0n) is 17.6. The van der Waals surface area contributed by atoms with E-state index in [-0.39, 0.29) is 17.4 Å². The Balaban J connectivity index is 1.36. The maximum Gasteiger partial charge on any atom is 0.259 e. The van der Waals surface area contributed by atoms with Gasteiger partial charge in [-0.1, -0.05) is 60.2 Å². The molecule has 1 aliphatic rings. The molecule has 33 heavy (non-hydrogen) atoms. The Kier molecular flexibility index (Phi) is 5.22. The van der Waals surface area contributed by atoms with Crippen LogP contribution in [0.4, 0.5) is 4.39 Å². The molecule has 6 nitrogen and oxygen atoms in total. The molecule has 1 fully saturated rings. The fourth-order valence-corrected chi connectivity index (χ4v) is 6.48. The molecular weight excluding hydrogens is 457 g/mol. The highest BCUT2D eigenvalue weighted by Gasteiger charge is 2.26. The zero-order chi connectivity index (χ0) is 22.4. The summed E-state index contributed by atoms with van der Waals surface area (Å²) in [7, 11) is 0. The van der Waals surface area contributed by atoms with Crippen molar-refractivity contribution in [2.75, 3.05) is 0 Å². The van der Waals surface area contributed by atoms with E-state index in [2.05, 4.69) is 14.8 Å². The van der Waals surface area contributed by atoms with E-state index >= 15 is 0 Å². The minimum atomic E-state index is -0.300. The number of fused-ring (bicyclic) bond motifs is 3. The quantitative estimate of drug-likeness (QED) is 0.303. The number of hydrogen-bond acceptors (Lipinski definition) is 6. The van der Waals surface area contributed by atoms with Crippen LogP contribution in [-0.4, -0.2) is 24.1 Å². The molecule has 0 saturated heterocycles. The van der Waals surface area contributed by atoms with E-state index in [4.69, 9.17) is 4.98 Å². The van der Waals surface area contributed by atoms with Gasteiger partial charge in [0.25, 0.3) is 5.56 Å². The third kappa shape index (κ3) is 3.65. The molecule has 0 atom stereocenters. The Morgan fingerprint density at radius 2 is 1.85 bits per heavy atom. The van der Waals surface area contributed by atoms with Gasteiger partial charge in [0.15, 0.2) is 15.9 Å². The second kappa shape index (κ2) is 8.39. The van der Waals surface area contributed by atoms with Crippen molar-refractivity contribution in [3.05, 3.63) is 76.5 Å². The molecule has 5 aromatic rings. The Bertz CT molecular complexity index is 1530. The molecule has 3 heterocycles. The number of para-hydroxylation sites is 1. The Morgan fingerprint density at radius 3 is 2.70 bits per heavy atom. The molecule has 166 valence electrons. The van der Waals surface area contributed by atoms with Crippen LogP contribution < -0.4 is 5.56 Å². The SMILES string of the molecule is O=c1cc(CSc2nnc(-c3ccccc3F)n2C2CCCC2)nc2sc3ccccc3n12. The van der Waals surface area contributed by atoms with Crippen LogP contribution in [0.1, 0.15) is 37.4 Å². The van der Waals surface area contributed by atoms with Gasteiger partial charge in [0.05, 0.1) is 21.5 Å². The maximum absolute atomic E-state index is 14.5. The maximum atomic E-state index is 14.5. The molecule has 0 spiro atoms. The summed E-state index contributed by atoms with van der Waals surface area (Å²) >= 11 is 3.00. The van der Waals surface area contributed by atoms with E-state index < -0.39 is 0 Å². The first kappa shape index (κ1) is 20.6. The summed E-state index contributed by atoms with van der Waals surface area (Å²) in [6.07, 6.45) is 4.34. The van der Waals surface area contributed by atoms with Crippen LogP contribution in [0.5, 0.6) is 0 Å². The smallest absolute Gasteiger partial charge is 0.259 e. The molecule has 0 unspecified atom stereocenters. The van der Waals surface area contributed by atoms with Crippen LogP contribution in [0.2, 0.25) is 0 Å². The molecule has 1 saturated carbocycles. The second-order valence-corrected chi connectivity index (χ2v) is 10.1. The topological polar surface area (TPSA) is 65.1 Å². The highest BCUT2D eigenvalue weighted by Crippen LogP contribution is 2.37. The van der Waals surface area contributed by atoms with Gasteiger partial charge >= 0.3 is 0 Å². The lowest BCUT2D eigenvalue weighted by atomic mass is 10.1. The van der Waals surface area contributed by atoms with Gasteiger partial charge in [0.2, 0.25) is 0 Å². The summed E-state index contributed by atoms with van der Waals surface area (Å²) in [5.41, 5.74) is 1.96. The van der Waals surface area contributed by atoms with Crippen molar-refractivity contribution in [3.8, 4) is 11.4 Å². The van der Waals surface area contributed by atoms with Crippen LogP contribution in [0.15, 0.2) is 64.5 Å². The van der Waals surface area contributed by atoms with Crippen molar-refractivity contribution in [1.29, 1.82) is 0 Å². The van der Waals surface area contributed by atoms with Gasteiger partial charge in [-0.15, -0.1) is 10.2 Å². The summed E-state index contributed by atoms with van der Waals surface area (Å²) in [5.74, 6) is 0.753. The fourth-order valence-electron chi connectivity index (χ4n) is 4.53. The Morgan fingerprint density at radius 1 is 1.06 bits per heavy atom. The van der Waals surface area contributed by atoms with Crippen LogP contribution in [0, 0.1) is 5.82 Å². The average molecular weight is 478 g/mol. The Labute approximate surface area is 197 Å². The molecule has 1 aliphatic carbocycles. The average Bonchev–Trinajstić information content (AvgIpc) is 3.55. The highest BCUT2D eigenvalue weighted by molar-refractivity contribution is 7.98. The van der Waals surface area contributed by atoms with Crippen LogP contribution >= 0.6 is 23.1 Å². The van der Waals surface area contributed by atoms with Crippen LogP contribution in [0.25, 0.3) is 26.6 Å². The minimum Gasteiger partial charge on any atom is -0.299 e. The summed E-state index contributed by atoms with van der Waals surface area (Å²) < 4.78 is 19.3. The van der Waals surface area contributed by atoms with E-state index in [1.54, 1.807) is 22.6 Å². The first-order valence-electron chi connectivity index (χ1n) is 10.9. The van der Waals surface area contributed by atoms with Gasteiger partial charge in [0.1, 0.15) is 5.82 Å². The van der Waals surface area contributed by atoms with E-state index in [1.165, 1.54) is 29.2 Å². The van der Waals surface area contributed by atoms with Crippen LogP contribution in [-0.2, 0) is 5.75 Å².